The fourth-order valence-electron chi connectivity index (χ4n) is 3.01. The van der Waals surface area contributed by atoms with Crippen LogP contribution in [0.3, 0.4) is 0 Å². The van der Waals surface area contributed by atoms with Gasteiger partial charge in [0.05, 0.1) is 0 Å². The first-order valence-corrected chi connectivity index (χ1v) is 12.3. The van der Waals surface area contributed by atoms with E-state index in [4.69, 9.17) is 128 Å². The lowest BCUT2D eigenvalue weighted by molar-refractivity contribution is 0.324. The number of halogens is 11. The first-order valence-electron chi connectivity index (χ1n) is 8.18. The van der Waals surface area contributed by atoms with Crippen molar-refractivity contribution in [2.75, 3.05) is 0 Å². The van der Waals surface area contributed by atoms with Crippen LogP contribution in [0.25, 0.3) is 0 Å². The molecule has 0 unspecified atom stereocenters. The zero-order valence-corrected chi connectivity index (χ0v) is 21.9. The van der Waals surface area contributed by atoms with Gasteiger partial charge in [-0.3, -0.25) is 0 Å². The summed E-state index contributed by atoms with van der Waals surface area (Å²) in [6.07, 6.45) is 8.91. The Labute approximate surface area is 210 Å². The van der Waals surface area contributed by atoms with Crippen LogP contribution in [0.1, 0.15) is 57.8 Å². The molecule has 0 bridgehead atoms. The van der Waals surface area contributed by atoms with Gasteiger partial charge in [-0.1, -0.05) is 173 Å². The van der Waals surface area contributed by atoms with Crippen LogP contribution in [-0.4, -0.2) is 21.1 Å². The van der Waals surface area contributed by atoms with Crippen LogP contribution in [0, 0.1) is 5.92 Å². The summed E-state index contributed by atoms with van der Waals surface area (Å²) >= 11 is 68.8. The van der Waals surface area contributed by atoms with Crippen molar-refractivity contribution in [2.45, 2.75) is 78.9 Å². The van der Waals surface area contributed by atoms with Crippen LogP contribution >= 0.6 is 128 Å². The van der Waals surface area contributed by atoms with E-state index >= 15 is 0 Å². The summed E-state index contributed by atoms with van der Waals surface area (Å²) in [6.45, 7) is 0. The minimum absolute atomic E-state index is 0.296. The van der Waals surface area contributed by atoms with Gasteiger partial charge in [-0.2, -0.15) is 0 Å². The number of rotatable bonds is 4. The van der Waals surface area contributed by atoms with Gasteiger partial charge in [-0.15, -0.1) is 0 Å². The van der Waals surface area contributed by atoms with Gasteiger partial charge in [-0.05, 0) is 18.8 Å². The number of hydrogen-bond donors (Lipinski definition) is 0. The van der Waals surface area contributed by atoms with Gasteiger partial charge in [-0.25, -0.2) is 0 Å². The lowest BCUT2D eigenvalue weighted by Gasteiger charge is -2.50. The summed E-state index contributed by atoms with van der Waals surface area (Å²) in [5.41, 5.74) is 0. The van der Waals surface area contributed by atoms with Crippen LogP contribution in [0.15, 0.2) is 0 Å². The fourth-order valence-corrected chi connectivity index (χ4v) is 6.29. The third kappa shape index (κ3) is 5.70. The zero-order chi connectivity index (χ0) is 20.4. The summed E-state index contributed by atoms with van der Waals surface area (Å²) in [4.78, 5) is 0. The van der Waals surface area contributed by atoms with Gasteiger partial charge < -0.3 is 0 Å². The molecule has 0 aromatic heterocycles. The van der Waals surface area contributed by atoms with Gasteiger partial charge in [0.2, 0.25) is 8.13 Å². The van der Waals surface area contributed by atoms with Crippen LogP contribution in [0.2, 0.25) is 0 Å². The first-order chi connectivity index (χ1) is 11.6. The minimum atomic E-state index is -2.41. The molecular formula is C15H19Cl11. The molecular weight excluding hydrogens is 570 g/mol. The lowest BCUT2D eigenvalue weighted by atomic mass is 9.87. The van der Waals surface area contributed by atoms with Gasteiger partial charge in [0.1, 0.15) is 0 Å². The normalized spacial score (nSPS) is 20.9. The van der Waals surface area contributed by atoms with Crippen molar-refractivity contribution >= 4 is 128 Å². The molecule has 156 valence electrons. The molecule has 0 amide bonds. The molecule has 0 saturated heterocycles. The second-order valence-corrected chi connectivity index (χ2v) is 14.2. The highest BCUT2D eigenvalue weighted by atomic mass is 35.6. The van der Waals surface area contributed by atoms with E-state index < -0.39 is 21.1 Å². The molecule has 0 heterocycles. The lowest BCUT2D eigenvalue weighted by Crippen LogP contribution is -2.63. The maximum atomic E-state index is 6.65. The topological polar surface area (TPSA) is 0 Å². The Morgan fingerprint density at radius 1 is 0.423 bits per heavy atom. The molecule has 0 aliphatic heterocycles. The molecule has 1 rings (SSSR count). The predicted octanol–water partition coefficient (Wildman–Crippen LogP) is 10.2. The van der Waals surface area contributed by atoms with Crippen LogP contribution < -0.4 is 0 Å². The van der Waals surface area contributed by atoms with Crippen LogP contribution in [0.5, 0.6) is 0 Å². The number of hydrogen-bond acceptors (Lipinski definition) is 0. The zero-order valence-electron chi connectivity index (χ0n) is 13.6. The molecule has 0 aromatic rings. The summed E-state index contributed by atoms with van der Waals surface area (Å²) in [7, 11) is 0. The van der Waals surface area contributed by atoms with E-state index in [0.29, 0.717) is 12.8 Å². The molecule has 1 aliphatic rings. The summed E-state index contributed by atoms with van der Waals surface area (Å²) in [5, 5.41) is 0. The van der Waals surface area contributed by atoms with E-state index in [1.54, 1.807) is 0 Å². The third-order valence-electron chi connectivity index (χ3n) is 4.68. The Balaban J connectivity index is 3.19. The van der Waals surface area contributed by atoms with Crippen molar-refractivity contribution in [1.82, 2.24) is 0 Å². The maximum absolute atomic E-state index is 6.65. The fraction of sp³-hybridized carbons (Fsp3) is 1.00. The second-order valence-electron chi connectivity index (χ2n) is 6.59. The molecule has 1 fully saturated rings. The highest BCUT2D eigenvalue weighted by molar-refractivity contribution is 6.81. The molecule has 1 saturated carbocycles. The molecule has 0 atom stereocenters. The molecule has 1 aliphatic carbocycles. The van der Waals surface area contributed by atoms with Gasteiger partial charge in [0.25, 0.3) is 0 Å². The Hall–Kier alpha value is 3.19. The SMILES string of the molecule is ClC(Cl)(Cl)C(Cl)(Cl)C(Cl)(Cl)C(Cl)(Cl)C(Cl)(Cl)C1CCCCCCCCC1. The predicted molar refractivity (Wildman–Crippen MR) is 123 cm³/mol. The molecule has 0 spiro atoms. The van der Waals surface area contributed by atoms with E-state index in [1.807, 2.05) is 0 Å². The van der Waals surface area contributed by atoms with E-state index in [0.717, 1.165) is 38.5 Å². The Morgan fingerprint density at radius 3 is 1.12 bits per heavy atom. The maximum Gasteiger partial charge on any atom is 0.226 e. The van der Waals surface area contributed by atoms with Crippen molar-refractivity contribution in [3.8, 4) is 0 Å². The van der Waals surface area contributed by atoms with Gasteiger partial charge in [0, 0.05) is 0 Å². The van der Waals surface area contributed by atoms with Crippen LogP contribution in [0.4, 0.5) is 0 Å². The second kappa shape index (κ2) is 10.2. The highest BCUT2D eigenvalue weighted by Crippen LogP contribution is 2.68. The van der Waals surface area contributed by atoms with Gasteiger partial charge >= 0.3 is 0 Å². The molecule has 26 heavy (non-hydrogen) atoms. The van der Waals surface area contributed by atoms with E-state index in [9.17, 15) is 0 Å². The standard InChI is InChI=1S/C15H19Cl11/c16-11(17,10-8-6-4-2-1-3-5-7-9-10)12(18,19)13(20,21)14(22,23)15(24,25)26/h10H,1-9H2. The first kappa shape index (κ1) is 27.2. The molecule has 0 radical (unpaired) electrons. The number of alkyl halides is 11. The Morgan fingerprint density at radius 2 is 0.769 bits per heavy atom. The van der Waals surface area contributed by atoms with Crippen molar-refractivity contribution in [1.29, 1.82) is 0 Å². The average molecular weight is 589 g/mol. The monoisotopic (exact) mass is 584 g/mol. The Bertz CT molecular complexity index is 443. The minimum Gasteiger partial charge on any atom is -0.0979 e. The molecule has 0 nitrogen and oxygen atoms in total. The smallest absolute Gasteiger partial charge is 0.0979 e. The van der Waals surface area contributed by atoms with Crippen molar-refractivity contribution < 1.29 is 0 Å². The van der Waals surface area contributed by atoms with E-state index in [1.165, 1.54) is 6.42 Å². The summed E-state index contributed by atoms with van der Waals surface area (Å²) in [5.74, 6) is -0.296. The molecule has 0 N–H and O–H groups in total. The van der Waals surface area contributed by atoms with E-state index in [2.05, 4.69) is 0 Å². The Kier molecular flexibility index (Phi) is 10.7. The van der Waals surface area contributed by atoms with Crippen LogP contribution in [-0.2, 0) is 0 Å². The van der Waals surface area contributed by atoms with E-state index in [-0.39, 0.29) is 5.92 Å². The van der Waals surface area contributed by atoms with Crippen molar-refractivity contribution in [3.63, 3.8) is 0 Å². The van der Waals surface area contributed by atoms with Gasteiger partial charge in [0.15, 0.2) is 13.0 Å². The van der Waals surface area contributed by atoms with Crippen molar-refractivity contribution in [3.05, 3.63) is 0 Å². The summed E-state index contributed by atoms with van der Waals surface area (Å²) < 4.78 is -11.1. The van der Waals surface area contributed by atoms with Crippen molar-refractivity contribution in [2.24, 2.45) is 5.92 Å². The molecule has 0 aromatic carbocycles. The molecule has 11 heteroatoms. The largest absolute Gasteiger partial charge is 0.226 e. The quantitative estimate of drug-likeness (QED) is 0.287. The third-order valence-corrected chi connectivity index (χ3v) is 11.9. The highest BCUT2D eigenvalue weighted by Gasteiger charge is 2.74. The average Bonchev–Trinajstić information content (AvgIpc) is 2.50. The summed E-state index contributed by atoms with van der Waals surface area (Å²) in [6, 6.07) is 0.